The Balaban J connectivity index is 1.61. The van der Waals surface area contributed by atoms with Crippen LogP contribution in [0.5, 0.6) is 11.6 Å². The molecule has 3 aromatic rings. The number of carbonyl (C=O) groups excluding carboxylic acids is 2. The number of aromatic nitrogens is 2. The number of carbonyl (C=O) groups is 2. The van der Waals surface area contributed by atoms with Crippen LogP contribution in [0.2, 0.25) is 0 Å². The van der Waals surface area contributed by atoms with Crippen molar-refractivity contribution >= 4 is 34.7 Å². The number of ether oxygens (including phenoxy) is 1. The molecular formula is C27H30FN7O3. The molecule has 2 amide bonds. The van der Waals surface area contributed by atoms with Crippen molar-refractivity contribution in [3.63, 3.8) is 0 Å². The van der Waals surface area contributed by atoms with Crippen molar-refractivity contribution in [1.82, 2.24) is 14.9 Å². The van der Waals surface area contributed by atoms with Crippen LogP contribution in [0.15, 0.2) is 55.1 Å². The zero-order chi connectivity index (χ0) is 27.2. The standard InChI is InChI=1S/C27H30FN7O3/c1-4-19-27(38-21-8-6-7-20(23(21)28)31-22(36)5-2)33-26(24(32-19)25(29)37)30-17-9-11-18(12-10-17)35-15-13-34(3)14-16-35/h5-12H,2,4,13-16H2,1,3H3,(H2,29,37)(H,30,33)(H,31,36). The highest BCUT2D eigenvalue weighted by molar-refractivity contribution is 5.99. The van der Waals surface area contributed by atoms with Crippen molar-refractivity contribution in [1.29, 1.82) is 0 Å². The van der Waals surface area contributed by atoms with E-state index in [2.05, 4.69) is 44.0 Å². The molecule has 198 valence electrons. The van der Waals surface area contributed by atoms with E-state index in [0.29, 0.717) is 17.8 Å². The predicted molar refractivity (Wildman–Crippen MR) is 145 cm³/mol. The molecule has 2 heterocycles. The summed E-state index contributed by atoms with van der Waals surface area (Å²) in [6, 6.07) is 12.0. The van der Waals surface area contributed by atoms with Crippen molar-refractivity contribution < 1.29 is 18.7 Å². The van der Waals surface area contributed by atoms with Gasteiger partial charge in [-0.05, 0) is 55.9 Å². The number of hydrogen-bond acceptors (Lipinski definition) is 8. The monoisotopic (exact) mass is 519 g/mol. The number of piperazine rings is 1. The summed E-state index contributed by atoms with van der Waals surface area (Å²) in [4.78, 5) is 37.2. The third-order valence-corrected chi connectivity index (χ3v) is 6.11. The summed E-state index contributed by atoms with van der Waals surface area (Å²) in [5.41, 5.74) is 7.52. The summed E-state index contributed by atoms with van der Waals surface area (Å²) in [6.45, 7) is 9.03. The van der Waals surface area contributed by atoms with Gasteiger partial charge < -0.3 is 30.9 Å². The topological polar surface area (TPSA) is 126 Å². The van der Waals surface area contributed by atoms with Crippen molar-refractivity contribution in [2.45, 2.75) is 13.3 Å². The normalized spacial score (nSPS) is 13.6. The van der Waals surface area contributed by atoms with E-state index in [1.54, 1.807) is 6.92 Å². The lowest BCUT2D eigenvalue weighted by molar-refractivity contribution is -0.111. The fraction of sp³-hybridized carbons (Fsp3) is 0.259. The van der Waals surface area contributed by atoms with Crippen LogP contribution < -0.4 is 26.0 Å². The molecule has 10 nitrogen and oxygen atoms in total. The van der Waals surface area contributed by atoms with Crippen molar-refractivity contribution in [3.8, 4) is 11.6 Å². The highest BCUT2D eigenvalue weighted by Crippen LogP contribution is 2.32. The van der Waals surface area contributed by atoms with Gasteiger partial charge in [-0.3, -0.25) is 9.59 Å². The Kier molecular flexibility index (Phi) is 8.17. The third-order valence-electron chi connectivity index (χ3n) is 6.11. The summed E-state index contributed by atoms with van der Waals surface area (Å²) >= 11 is 0. The predicted octanol–water partition coefficient (Wildman–Crippen LogP) is 3.69. The van der Waals surface area contributed by atoms with Gasteiger partial charge in [-0.1, -0.05) is 19.6 Å². The molecular weight excluding hydrogens is 489 g/mol. The van der Waals surface area contributed by atoms with Crippen LogP contribution in [0, 0.1) is 5.82 Å². The zero-order valence-corrected chi connectivity index (χ0v) is 21.3. The second-order valence-corrected chi connectivity index (χ2v) is 8.77. The first kappa shape index (κ1) is 26.6. The molecule has 0 saturated carbocycles. The van der Waals surface area contributed by atoms with Gasteiger partial charge in [0.25, 0.3) is 5.91 Å². The number of halogens is 1. The number of rotatable bonds is 9. The number of nitrogens with zero attached hydrogens (tertiary/aromatic N) is 4. The van der Waals surface area contributed by atoms with Crippen LogP contribution in [-0.4, -0.2) is 59.9 Å². The molecule has 4 rings (SSSR count). The number of likely N-dealkylation sites (N-methyl/N-ethyl adjacent to an activating group) is 1. The summed E-state index contributed by atoms with van der Waals surface area (Å²) < 4.78 is 20.8. The molecule has 0 unspecified atom stereocenters. The Labute approximate surface area is 220 Å². The molecule has 1 saturated heterocycles. The van der Waals surface area contributed by atoms with Gasteiger partial charge in [0.05, 0.1) is 5.69 Å². The van der Waals surface area contributed by atoms with Gasteiger partial charge in [-0.2, -0.15) is 4.98 Å². The smallest absolute Gasteiger partial charge is 0.271 e. The third kappa shape index (κ3) is 6.06. The van der Waals surface area contributed by atoms with Gasteiger partial charge >= 0.3 is 0 Å². The fourth-order valence-corrected chi connectivity index (χ4v) is 3.96. The molecule has 1 fully saturated rings. The molecule has 0 spiro atoms. The number of primary amides is 1. The van der Waals surface area contributed by atoms with E-state index in [-0.39, 0.29) is 28.8 Å². The second-order valence-electron chi connectivity index (χ2n) is 8.77. The number of hydrogen-bond donors (Lipinski definition) is 3. The van der Waals surface area contributed by atoms with Gasteiger partial charge in [0.15, 0.2) is 23.1 Å². The first-order valence-electron chi connectivity index (χ1n) is 12.2. The minimum absolute atomic E-state index is 0.000143. The van der Waals surface area contributed by atoms with Gasteiger partial charge in [0.2, 0.25) is 11.8 Å². The first-order chi connectivity index (χ1) is 18.3. The van der Waals surface area contributed by atoms with E-state index in [4.69, 9.17) is 10.5 Å². The maximum Gasteiger partial charge on any atom is 0.271 e. The van der Waals surface area contributed by atoms with E-state index < -0.39 is 17.6 Å². The van der Waals surface area contributed by atoms with Gasteiger partial charge in [-0.25, -0.2) is 9.37 Å². The van der Waals surface area contributed by atoms with Gasteiger partial charge in [-0.15, -0.1) is 0 Å². The quantitative estimate of drug-likeness (QED) is 0.366. The lowest BCUT2D eigenvalue weighted by atomic mass is 10.2. The Morgan fingerprint density at radius 1 is 1.13 bits per heavy atom. The average molecular weight is 520 g/mol. The number of nitrogens with one attached hydrogen (secondary N) is 2. The summed E-state index contributed by atoms with van der Waals surface area (Å²) in [7, 11) is 2.11. The Bertz CT molecular complexity index is 1340. The molecule has 1 aliphatic rings. The molecule has 1 aliphatic heterocycles. The molecule has 11 heteroatoms. The molecule has 4 N–H and O–H groups in total. The first-order valence-corrected chi connectivity index (χ1v) is 12.2. The SMILES string of the molecule is C=CC(=O)Nc1cccc(Oc2nc(Nc3ccc(N4CCN(C)CC4)cc3)c(C(N)=O)nc2CC)c1F. The van der Waals surface area contributed by atoms with E-state index in [9.17, 15) is 9.59 Å². The van der Waals surface area contributed by atoms with Gasteiger partial charge in [0, 0.05) is 37.6 Å². The maximum atomic E-state index is 15.0. The van der Waals surface area contributed by atoms with Crippen molar-refractivity contribution in [2.24, 2.45) is 5.73 Å². The second kappa shape index (κ2) is 11.7. The number of anilines is 4. The molecule has 2 aromatic carbocycles. The minimum atomic E-state index is -0.792. The molecule has 0 atom stereocenters. The summed E-state index contributed by atoms with van der Waals surface area (Å²) in [5, 5.41) is 5.47. The molecule has 0 aliphatic carbocycles. The van der Waals surface area contributed by atoms with Crippen molar-refractivity contribution in [3.05, 3.63) is 72.3 Å². The van der Waals surface area contributed by atoms with E-state index in [1.165, 1.54) is 18.2 Å². The fourth-order valence-electron chi connectivity index (χ4n) is 3.96. The Hall–Kier alpha value is -4.51. The van der Waals surface area contributed by atoms with Crippen LogP contribution in [0.25, 0.3) is 0 Å². The van der Waals surface area contributed by atoms with Gasteiger partial charge in [0.1, 0.15) is 5.69 Å². The molecule has 0 bridgehead atoms. The highest BCUT2D eigenvalue weighted by atomic mass is 19.1. The lowest BCUT2D eigenvalue weighted by Crippen LogP contribution is -2.44. The summed E-state index contributed by atoms with van der Waals surface area (Å²) in [6.07, 6.45) is 1.38. The van der Waals surface area contributed by atoms with E-state index in [0.717, 1.165) is 37.9 Å². The van der Waals surface area contributed by atoms with E-state index in [1.807, 2.05) is 24.3 Å². The summed E-state index contributed by atoms with van der Waals surface area (Å²) in [5.74, 6) is -2.22. The number of benzene rings is 2. The molecule has 38 heavy (non-hydrogen) atoms. The number of nitrogens with two attached hydrogens (primary N) is 1. The number of aryl methyl sites for hydroxylation is 1. The van der Waals surface area contributed by atoms with Crippen LogP contribution in [-0.2, 0) is 11.2 Å². The van der Waals surface area contributed by atoms with Crippen LogP contribution in [0.1, 0.15) is 23.1 Å². The minimum Gasteiger partial charge on any atom is -0.434 e. The Morgan fingerprint density at radius 3 is 2.47 bits per heavy atom. The van der Waals surface area contributed by atoms with Crippen LogP contribution in [0.3, 0.4) is 0 Å². The highest BCUT2D eigenvalue weighted by Gasteiger charge is 2.21. The van der Waals surface area contributed by atoms with Crippen LogP contribution in [0.4, 0.5) is 27.3 Å². The lowest BCUT2D eigenvalue weighted by Gasteiger charge is -2.34. The van der Waals surface area contributed by atoms with Crippen molar-refractivity contribution in [2.75, 3.05) is 48.8 Å². The van der Waals surface area contributed by atoms with Crippen LogP contribution >= 0.6 is 0 Å². The molecule has 0 radical (unpaired) electrons. The maximum absolute atomic E-state index is 15.0. The zero-order valence-electron chi connectivity index (χ0n) is 21.3. The van der Waals surface area contributed by atoms with E-state index >= 15 is 4.39 Å². The average Bonchev–Trinajstić information content (AvgIpc) is 2.91. The number of amides is 2. The Morgan fingerprint density at radius 2 is 1.84 bits per heavy atom. The largest absolute Gasteiger partial charge is 0.434 e. The molecule has 1 aromatic heterocycles.